The van der Waals surface area contributed by atoms with Crippen LogP contribution < -0.4 is 10.1 Å². The molecule has 116 valence electrons. The lowest BCUT2D eigenvalue weighted by Crippen LogP contribution is -2.37. The van der Waals surface area contributed by atoms with Gasteiger partial charge in [0, 0.05) is 13.6 Å². The summed E-state index contributed by atoms with van der Waals surface area (Å²) in [4.78, 5) is 14.0. The average Bonchev–Trinajstić information content (AvgIpc) is 2.48. The van der Waals surface area contributed by atoms with Crippen LogP contribution in [0.4, 0.5) is 0 Å². The Morgan fingerprint density at radius 1 is 1.38 bits per heavy atom. The number of hydrogen-bond donors (Lipinski definition) is 1. The number of benzene rings is 1. The number of nitrogens with one attached hydrogen (secondary N) is 1. The van der Waals surface area contributed by atoms with Gasteiger partial charge in [0.1, 0.15) is 5.75 Å². The van der Waals surface area contributed by atoms with Gasteiger partial charge in [0.05, 0.1) is 13.0 Å². The lowest BCUT2D eigenvalue weighted by atomic mass is 9.97. The van der Waals surface area contributed by atoms with Gasteiger partial charge in [-0.1, -0.05) is 12.1 Å². The minimum atomic E-state index is 0.168. The first-order valence-electron chi connectivity index (χ1n) is 7.79. The Morgan fingerprint density at radius 2 is 2.14 bits per heavy atom. The van der Waals surface area contributed by atoms with Crippen molar-refractivity contribution in [2.75, 3.05) is 33.3 Å². The molecule has 1 aromatic rings. The fraction of sp³-hybridized carbons (Fsp3) is 0.588. The van der Waals surface area contributed by atoms with Crippen LogP contribution in [0.25, 0.3) is 0 Å². The molecule has 4 nitrogen and oxygen atoms in total. The van der Waals surface area contributed by atoms with Gasteiger partial charge in [0.15, 0.2) is 0 Å². The average molecular weight is 290 g/mol. The zero-order valence-corrected chi connectivity index (χ0v) is 13.1. The van der Waals surface area contributed by atoms with E-state index in [-0.39, 0.29) is 5.91 Å². The maximum absolute atomic E-state index is 12.1. The number of hydrogen-bond acceptors (Lipinski definition) is 3. The highest BCUT2D eigenvalue weighted by molar-refractivity contribution is 5.76. The quantitative estimate of drug-likeness (QED) is 0.873. The van der Waals surface area contributed by atoms with Crippen molar-refractivity contribution in [3.8, 4) is 5.75 Å². The van der Waals surface area contributed by atoms with E-state index in [0.29, 0.717) is 18.9 Å². The zero-order chi connectivity index (χ0) is 15.1. The van der Waals surface area contributed by atoms with Crippen molar-refractivity contribution in [1.29, 1.82) is 0 Å². The maximum atomic E-state index is 12.1. The minimum absolute atomic E-state index is 0.168. The van der Waals surface area contributed by atoms with Gasteiger partial charge in [-0.2, -0.15) is 0 Å². The Morgan fingerprint density at radius 3 is 2.86 bits per heavy atom. The van der Waals surface area contributed by atoms with Crippen LogP contribution in [0.3, 0.4) is 0 Å². The minimum Gasteiger partial charge on any atom is -0.493 e. The Balaban J connectivity index is 1.68. The van der Waals surface area contributed by atoms with E-state index in [4.69, 9.17) is 4.74 Å². The van der Waals surface area contributed by atoms with Gasteiger partial charge in [-0.25, -0.2) is 0 Å². The number of carbonyl (C=O) groups excluding carboxylic acids is 1. The third-order valence-electron chi connectivity index (χ3n) is 3.99. The van der Waals surface area contributed by atoms with Gasteiger partial charge in [-0.05, 0) is 56.5 Å². The predicted molar refractivity (Wildman–Crippen MR) is 84.5 cm³/mol. The van der Waals surface area contributed by atoms with Crippen LogP contribution >= 0.6 is 0 Å². The molecule has 1 aliphatic rings. The van der Waals surface area contributed by atoms with E-state index in [2.05, 4.69) is 5.32 Å². The Kier molecular flexibility index (Phi) is 6.05. The number of ether oxygens (including phenoxy) is 1. The Bertz CT molecular complexity index is 456. The molecule has 2 rings (SSSR count). The van der Waals surface area contributed by atoms with Crippen molar-refractivity contribution in [2.24, 2.45) is 5.92 Å². The molecule has 1 N–H and O–H groups in total. The highest BCUT2D eigenvalue weighted by Crippen LogP contribution is 2.14. The highest BCUT2D eigenvalue weighted by Gasteiger charge is 2.17. The summed E-state index contributed by atoms with van der Waals surface area (Å²) in [6.45, 7) is 5.49. The normalized spacial score (nSPS) is 15.7. The first kappa shape index (κ1) is 15.8. The predicted octanol–water partition coefficient (Wildman–Crippen LogP) is 2.22. The molecule has 0 aromatic heterocycles. The maximum Gasteiger partial charge on any atom is 0.225 e. The smallest absolute Gasteiger partial charge is 0.225 e. The fourth-order valence-electron chi connectivity index (χ4n) is 2.71. The Hall–Kier alpha value is -1.55. The molecule has 0 atom stereocenters. The second-order valence-electron chi connectivity index (χ2n) is 5.88. The first-order chi connectivity index (χ1) is 10.1. The van der Waals surface area contributed by atoms with Crippen molar-refractivity contribution >= 4 is 5.91 Å². The van der Waals surface area contributed by atoms with Crippen LogP contribution in [0.5, 0.6) is 5.75 Å². The molecule has 1 fully saturated rings. The van der Waals surface area contributed by atoms with E-state index in [1.54, 1.807) is 0 Å². The standard InChI is InChI=1S/C17H26N2O2/c1-14-4-3-5-16(12-14)21-11-8-17(20)19(2)13-15-6-9-18-10-7-15/h3-5,12,15,18H,6-11,13H2,1-2H3. The molecular formula is C17H26N2O2. The van der Waals surface area contributed by atoms with Crippen molar-refractivity contribution in [2.45, 2.75) is 26.2 Å². The third kappa shape index (κ3) is 5.38. The lowest BCUT2D eigenvalue weighted by molar-refractivity contribution is -0.131. The van der Waals surface area contributed by atoms with Crippen molar-refractivity contribution < 1.29 is 9.53 Å². The van der Waals surface area contributed by atoms with Crippen LogP contribution in [-0.2, 0) is 4.79 Å². The van der Waals surface area contributed by atoms with E-state index in [1.165, 1.54) is 5.56 Å². The van der Waals surface area contributed by atoms with Crippen molar-refractivity contribution in [3.63, 3.8) is 0 Å². The number of rotatable bonds is 6. The van der Waals surface area contributed by atoms with Crippen molar-refractivity contribution in [1.82, 2.24) is 10.2 Å². The summed E-state index contributed by atoms with van der Waals surface area (Å²) in [6, 6.07) is 7.92. The topological polar surface area (TPSA) is 41.6 Å². The molecule has 0 bridgehead atoms. The van der Waals surface area contributed by atoms with Crippen LogP contribution in [0.1, 0.15) is 24.8 Å². The van der Waals surface area contributed by atoms with Crippen LogP contribution in [0, 0.1) is 12.8 Å². The summed E-state index contributed by atoms with van der Waals surface area (Å²) in [6.07, 6.45) is 2.77. The molecule has 0 radical (unpaired) electrons. The molecule has 0 spiro atoms. The van der Waals surface area contributed by atoms with Gasteiger partial charge >= 0.3 is 0 Å². The molecule has 0 saturated carbocycles. The number of aryl methyl sites for hydroxylation is 1. The summed E-state index contributed by atoms with van der Waals surface area (Å²) in [5.74, 6) is 1.64. The number of amides is 1. The van der Waals surface area contributed by atoms with Gasteiger partial charge in [0.2, 0.25) is 5.91 Å². The van der Waals surface area contributed by atoms with Crippen molar-refractivity contribution in [3.05, 3.63) is 29.8 Å². The third-order valence-corrected chi connectivity index (χ3v) is 3.99. The summed E-state index contributed by atoms with van der Waals surface area (Å²) in [5.41, 5.74) is 1.17. The fourth-order valence-corrected chi connectivity index (χ4v) is 2.71. The van der Waals surface area contributed by atoms with Crippen LogP contribution in [-0.4, -0.2) is 44.1 Å². The molecular weight excluding hydrogens is 264 g/mol. The van der Waals surface area contributed by atoms with E-state index < -0.39 is 0 Å². The molecule has 1 aromatic carbocycles. The number of carbonyl (C=O) groups is 1. The summed E-state index contributed by atoms with van der Waals surface area (Å²) in [5, 5.41) is 3.35. The van der Waals surface area contributed by atoms with Gasteiger partial charge in [-0.3, -0.25) is 4.79 Å². The van der Waals surface area contributed by atoms with Gasteiger partial charge in [-0.15, -0.1) is 0 Å². The van der Waals surface area contributed by atoms with Gasteiger partial charge in [0.25, 0.3) is 0 Å². The molecule has 0 aliphatic carbocycles. The summed E-state index contributed by atoms with van der Waals surface area (Å²) in [7, 11) is 1.90. The van der Waals surface area contributed by atoms with E-state index in [9.17, 15) is 4.79 Å². The summed E-state index contributed by atoms with van der Waals surface area (Å²) >= 11 is 0. The highest BCUT2D eigenvalue weighted by atomic mass is 16.5. The first-order valence-corrected chi connectivity index (χ1v) is 7.79. The van der Waals surface area contributed by atoms with E-state index in [1.807, 2.05) is 43.1 Å². The van der Waals surface area contributed by atoms with Crippen LogP contribution in [0.2, 0.25) is 0 Å². The zero-order valence-electron chi connectivity index (χ0n) is 13.1. The largest absolute Gasteiger partial charge is 0.493 e. The monoisotopic (exact) mass is 290 g/mol. The number of nitrogens with zero attached hydrogens (tertiary/aromatic N) is 1. The summed E-state index contributed by atoms with van der Waals surface area (Å²) < 4.78 is 5.64. The molecule has 1 amide bonds. The molecule has 1 saturated heterocycles. The molecule has 21 heavy (non-hydrogen) atoms. The SMILES string of the molecule is Cc1cccc(OCCC(=O)N(C)CC2CCNCC2)c1. The Labute approximate surface area is 127 Å². The molecule has 1 aliphatic heterocycles. The second-order valence-corrected chi connectivity index (χ2v) is 5.88. The second kappa shape index (κ2) is 8.03. The van der Waals surface area contributed by atoms with E-state index in [0.717, 1.165) is 38.2 Å². The molecule has 1 heterocycles. The molecule has 4 heteroatoms. The lowest BCUT2D eigenvalue weighted by Gasteiger charge is -2.27. The molecule has 0 unspecified atom stereocenters. The van der Waals surface area contributed by atoms with Crippen LogP contribution in [0.15, 0.2) is 24.3 Å². The number of piperidine rings is 1. The van der Waals surface area contributed by atoms with E-state index >= 15 is 0 Å². The van der Waals surface area contributed by atoms with Gasteiger partial charge < -0.3 is 15.0 Å².